The minimum absolute atomic E-state index is 0.117. The summed E-state index contributed by atoms with van der Waals surface area (Å²) < 4.78 is 14.3. The van der Waals surface area contributed by atoms with Gasteiger partial charge in [0.05, 0.1) is 9.99 Å². The summed E-state index contributed by atoms with van der Waals surface area (Å²) in [6, 6.07) is 15.7. The van der Waals surface area contributed by atoms with Crippen molar-refractivity contribution < 1.29 is 18.5 Å². The predicted octanol–water partition coefficient (Wildman–Crippen LogP) is 5.25. The minimum Gasteiger partial charge on any atom is -0.422 e. The van der Waals surface area contributed by atoms with E-state index in [2.05, 4.69) is 18.7 Å². The molecule has 0 saturated carbocycles. The predicted molar refractivity (Wildman–Crippen MR) is 142 cm³/mol. The summed E-state index contributed by atoms with van der Waals surface area (Å²) in [5, 5.41) is 1.74. The number of rotatable bonds is 8. The number of fused-ring (bicyclic) bond motifs is 2. The number of carbonyl (C=O) groups is 1. The zero-order valence-corrected chi connectivity index (χ0v) is 21.4. The van der Waals surface area contributed by atoms with Crippen LogP contribution in [-0.2, 0) is 16.3 Å². The van der Waals surface area contributed by atoms with Crippen molar-refractivity contribution in [3.05, 3.63) is 69.5 Å². The van der Waals surface area contributed by atoms with Crippen molar-refractivity contribution in [2.24, 2.45) is 0 Å². The number of anilines is 1. The van der Waals surface area contributed by atoms with Crippen LogP contribution in [0.3, 0.4) is 0 Å². The molecule has 6 nitrogen and oxygen atoms in total. The maximum Gasteiger partial charge on any atom is 0.343 e. The van der Waals surface area contributed by atoms with E-state index in [0.717, 1.165) is 39.4 Å². The fourth-order valence-corrected chi connectivity index (χ4v) is 4.94. The fraction of sp³-hybridized carbons (Fsp3) is 0.240. The van der Waals surface area contributed by atoms with Gasteiger partial charge in [0, 0.05) is 42.4 Å². The van der Waals surface area contributed by atoms with Crippen molar-refractivity contribution in [2.45, 2.75) is 20.6 Å². The van der Waals surface area contributed by atoms with Crippen LogP contribution in [0.5, 0.6) is 0 Å². The van der Waals surface area contributed by atoms with E-state index in [1.807, 2.05) is 81.8 Å². The van der Waals surface area contributed by atoms with E-state index in [4.69, 9.17) is 9.15 Å². The van der Waals surface area contributed by atoms with Crippen molar-refractivity contribution in [2.75, 3.05) is 22.4 Å². The second-order valence-corrected chi connectivity index (χ2v) is 9.16. The highest BCUT2D eigenvalue weighted by atomic mass is 127. The molecule has 0 atom stereocenters. The molecule has 0 aliphatic rings. The van der Waals surface area contributed by atoms with Crippen LogP contribution < -0.4 is 15.1 Å². The Kier molecular flexibility index (Phi) is 7.44. The number of esters is 1. The number of para-hydroxylation sites is 1. The molecule has 0 fully saturated rings. The second-order valence-electron chi connectivity index (χ2n) is 7.33. The molecule has 2 aromatic carbocycles. The molecular weight excluding hydrogens is 551 g/mol. The molecule has 170 valence electrons. The molecule has 0 aliphatic heterocycles. The van der Waals surface area contributed by atoms with Crippen LogP contribution in [0.15, 0.2) is 57.7 Å². The Balaban J connectivity index is 1.69. The van der Waals surface area contributed by atoms with Crippen LogP contribution in [0.4, 0.5) is 5.69 Å². The monoisotopic (exact) mass is 575 g/mol. The zero-order valence-electron chi connectivity index (χ0n) is 18.4. The lowest BCUT2D eigenvalue weighted by Crippen LogP contribution is -2.37. The number of hydrogen-bond donors (Lipinski definition) is 0. The van der Waals surface area contributed by atoms with E-state index in [0.29, 0.717) is 15.6 Å². The number of thiazole rings is 1. The molecule has 2 aromatic heterocycles. The quantitative estimate of drug-likeness (QED) is 0.0945. The van der Waals surface area contributed by atoms with Gasteiger partial charge in [-0.05, 0) is 44.2 Å². The van der Waals surface area contributed by atoms with Crippen LogP contribution in [0.1, 0.15) is 24.4 Å². The first-order valence-corrected chi connectivity index (χ1v) is 13.0. The summed E-state index contributed by atoms with van der Waals surface area (Å²) >= 11 is 3.55. The number of ether oxygens (including phenoxy) is 1. The highest BCUT2D eigenvalue weighted by molar-refractivity contribution is 14.1. The van der Waals surface area contributed by atoms with Gasteiger partial charge in [-0.3, -0.25) is 4.79 Å². The third kappa shape index (κ3) is 5.11. The number of alkyl halides is 1. The SMILES string of the molecule is CCN(CC)c1ccc2cc(/C=C/c3sc4ccccc4[n+]3COC(=O)CI)c(=O)oc2c1. The van der Waals surface area contributed by atoms with E-state index >= 15 is 0 Å². The van der Waals surface area contributed by atoms with Crippen molar-refractivity contribution >= 4 is 78.9 Å². The van der Waals surface area contributed by atoms with Crippen LogP contribution in [-0.4, -0.2) is 23.5 Å². The Hall–Kier alpha value is -2.72. The molecule has 0 aliphatic carbocycles. The van der Waals surface area contributed by atoms with Crippen molar-refractivity contribution in [1.29, 1.82) is 0 Å². The van der Waals surface area contributed by atoms with Gasteiger partial charge in [-0.15, -0.1) is 4.57 Å². The first-order valence-electron chi connectivity index (χ1n) is 10.7. The number of halogens is 1. The minimum atomic E-state index is -0.389. The molecule has 0 unspecified atom stereocenters. The van der Waals surface area contributed by atoms with E-state index in [9.17, 15) is 9.59 Å². The average molecular weight is 575 g/mol. The third-order valence-corrected chi connectivity index (χ3v) is 7.13. The molecule has 4 rings (SSSR count). The van der Waals surface area contributed by atoms with E-state index in [1.54, 1.807) is 17.4 Å². The van der Waals surface area contributed by atoms with Gasteiger partial charge in [0.15, 0.2) is 0 Å². The van der Waals surface area contributed by atoms with Crippen molar-refractivity contribution in [3.63, 3.8) is 0 Å². The normalized spacial score (nSPS) is 11.5. The summed E-state index contributed by atoms with van der Waals surface area (Å²) in [4.78, 5) is 26.6. The molecule has 0 spiro atoms. The zero-order chi connectivity index (χ0) is 23.4. The largest absolute Gasteiger partial charge is 0.422 e. The van der Waals surface area contributed by atoms with Crippen LogP contribution >= 0.6 is 33.9 Å². The maximum atomic E-state index is 12.7. The molecule has 33 heavy (non-hydrogen) atoms. The Bertz CT molecular complexity index is 1390. The van der Waals surface area contributed by atoms with Gasteiger partial charge in [0.1, 0.15) is 10.3 Å². The van der Waals surface area contributed by atoms with E-state index < -0.39 is 0 Å². The van der Waals surface area contributed by atoms with Crippen LogP contribution in [0.2, 0.25) is 0 Å². The standard InChI is InChI=1S/C25H24IN2O4S/c1-3-27(4-2)19-11-9-17-13-18(25(30)32-21(17)14-19)10-12-23-28(16-31-24(29)15-26)20-7-5-6-8-22(20)33-23/h5-14H,3-4,15-16H2,1-2H3/q+1. The average Bonchev–Trinajstić information content (AvgIpc) is 3.19. The summed E-state index contributed by atoms with van der Waals surface area (Å²) in [6.45, 7) is 6.08. The van der Waals surface area contributed by atoms with Gasteiger partial charge in [-0.1, -0.05) is 46.1 Å². The summed E-state index contributed by atoms with van der Waals surface area (Å²) in [6.07, 6.45) is 3.62. The molecule has 0 saturated heterocycles. The van der Waals surface area contributed by atoms with E-state index in [-0.39, 0.29) is 18.3 Å². The third-order valence-electron chi connectivity index (χ3n) is 5.38. The number of nitrogens with zero attached hydrogens (tertiary/aromatic N) is 2. The topological polar surface area (TPSA) is 63.6 Å². The highest BCUT2D eigenvalue weighted by Gasteiger charge is 2.20. The smallest absolute Gasteiger partial charge is 0.343 e. The van der Waals surface area contributed by atoms with Crippen LogP contribution in [0, 0.1) is 0 Å². The molecule has 0 bridgehead atoms. The van der Waals surface area contributed by atoms with Gasteiger partial charge < -0.3 is 14.1 Å². The Morgan fingerprint density at radius 2 is 1.94 bits per heavy atom. The Morgan fingerprint density at radius 1 is 1.15 bits per heavy atom. The summed E-state index contributed by atoms with van der Waals surface area (Å²) in [5.74, 6) is -0.271. The lowest BCUT2D eigenvalue weighted by molar-refractivity contribution is -0.701. The van der Waals surface area contributed by atoms with Crippen molar-refractivity contribution in [3.8, 4) is 0 Å². The molecule has 4 aromatic rings. The maximum absolute atomic E-state index is 12.7. The van der Waals surface area contributed by atoms with Crippen molar-refractivity contribution in [1.82, 2.24) is 0 Å². The molecular formula is C25H24IN2O4S+. The molecule has 0 radical (unpaired) electrons. The van der Waals surface area contributed by atoms with Gasteiger partial charge >= 0.3 is 11.6 Å². The number of aromatic nitrogens is 1. The first-order chi connectivity index (χ1) is 16.0. The van der Waals surface area contributed by atoms with Gasteiger partial charge in [-0.2, -0.15) is 0 Å². The van der Waals surface area contributed by atoms with E-state index in [1.165, 1.54) is 0 Å². The fourth-order valence-electron chi connectivity index (χ4n) is 3.66. The summed E-state index contributed by atoms with van der Waals surface area (Å²) in [7, 11) is 0. The highest BCUT2D eigenvalue weighted by Crippen LogP contribution is 2.24. The number of hydrogen-bond acceptors (Lipinski definition) is 6. The Morgan fingerprint density at radius 3 is 2.70 bits per heavy atom. The first kappa shape index (κ1) is 23.4. The number of carbonyl (C=O) groups excluding carboxylic acids is 1. The number of benzene rings is 2. The van der Waals surface area contributed by atoms with Crippen LogP contribution in [0.25, 0.3) is 33.3 Å². The van der Waals surface area contributed by atoms with Gasteiger partial charge in [0.25, 0.3) is 11.7 Å². The molecule has 2 heterocycles. The lowest BCUT2D eigenvalue weighted by Gasteiger charge is -2.20. The second kappa shape index (κ2) is 10.5. The van der Waals surface area contributed by atoms with Gasteiger partial charge in [0.2, 0.25) is 5.52 Å². The molecule has 8 heteroatoms. The molecule has 0 amide bonds. The molecule has 0 N–H and O–H groups in total. The van der Waals surface area contributed by atoms with Gasteiger partial charge in [-0.25, -0.2) is 4.79 Å². The summed E-state index contributed by atoms with van der Waals surface area (Å²) in [5.41, 5.74) is 2.65. The Labute approximate surface area is 209 Å². The lowest BCUT2D eigenvalue weighted by atomic mass is 10.1.